The van der Waals surface area contributed by atoms with E-state index in [9.17, 15) is 0 Å². The van der Waals surface area contributed by atoms with E-state index in [4.69, 9.17) is 66.7 Å². The van der Waals surface area contributed by atoms with Gasteiger partial charge in [-0.15, -0.1) is 0 Å². The molecule has 14 heteroatoms. The van der Waals surface area contributed by atoms with Crippen molar-refractivity contribution in [2.75, 3.05) is 159 Å². The Balaban J connectivity index is 1.93. The summed E-state index contributed by atoms with van der Waals surface area (Å²) in [5, 5.41) is 8.62. The third kappa shape index (κ3) is 44.0. The molecule has 0 saturated carbocycles. The second-order valence-electron chi connectivity index (χ2n) is 16.7. The zero-order valence-corrected chi connectivity index (χ0v) is 41.4. The fraction of sp³-hybridized carbons (Fsp3) is 1.00. The first kappa shape index (κ1) is 61.5. The van der Waals surface area contributed by atoms with E-state index in [0.717, 1.165) is 12.8 Å². The van der Waals surface area contributed by atoms with Crippen molar-refractivity contribution in [3.8, 4) is 0 Å². The predicted molar refractivity (Wildman–Crippen MR) is 253 cm³/mol. The summed E-state index contributed by atoms with van der Waals surface area (Å²) in [6.07, 6.45) is 28.7. The van der Waals surface area contributed by atoms with Gasteiger partial charge in [0, 0.05) is 12.8 Å². The molecule has 1 saturated heterocycles. The molecule has 0 radical (unpaired) electrons. The van der Waals surface area contributed by atoms with Crippen LogP contribution in [0.25, 0.3) is 0 Å². The van der Waals surface area contributed by atoms with Gasteiger partial charge in [0.15, 0.2) is 5.79 Å². The molecule has 0 aromatic heterocycles. The molecule has 1 N–H and O–H groups in total. The van der Waals surface area contributed by atoms with Crippen molar-refractivity contribution in [3.05, 3.63) is 0 Å². The number of unbranched alkanes of at least 4 members (excludes halogenated alkanes) is 18. The van der Waals surface area contributed by atoms with Crippen LogP contribution in [0.5, 0.6) is 0 Å². The van der Waals surface area contributed by atoms with E-state index >= 15 is 0 Å². The highest BCUT2D eigenvalue weighted by molar-refractivity contribution is 4.80. The van der Waals surface area contributed by atoms with Gasteiger partial charge in [-0.1, -0.05) is 129 Å². The average molecular weight is 925 g/mol. The van der Waals surface area contributed by atoms with Crippen molar-refractivity contribution in [3.63, 3.8) is 0 Å². The lowest BCUT2D eigenvalue weighted by molar-refractivity contribution is -0.184. The molecule has 1 fully saturated rings. The highest BCUT2D eigenvalue weighted by Gasteiger charge is 2.40. The molecule has 1 aliphatic rings. The van der Waals surface area contributed by atoms with Crippen molar-refractivity contribution in [1.29, 1.82) is 0 Å². The molecule has 0 aliphatic carbocycles. The normalized spacial score (nSPS) is 15.0. The van der Waals surface area contributed by atoms with Gasteiger partial charge in [0.25, 0.3) is 0 Å². The topological polar surface area (TPSA) is 140 Å². The molecule has 1 atom stereocenters. The van der Waals surface area contributed by atoms with Crippen molar-refractivity contribution in [2.24, 2.45) is 0 Å². The van der Waals surface area contributed by atoms with E-state index in [2.05, 4.69) is 13.8 Å². The van der Waals surface area contributed by atoms with Crippen LogP contribution in [0.2, 0.25) is 0 Å². The molecule has 0 aromatic carbocycles. The summed E-state index contributed by atoms with van der Waals surface area (Å²) in [6.45, 7) is 16.3. The fourth-order valence-corrected chi connectivity index (χ4v) is 7.33. The first-order valence-corrected chi connectivity index (χ1v) is 26.0. The molecule has 384 valence electrons. The lowest BCUT2D eigenvalue weighted by Crippen LogP contribution is -2.32. The Labute approximate surface area is 391 Å². The number of aliphatic hydroxyl groups excluding tert-OH is 1. The van der Waals surface area contributed by atoms with Crippen molar-refractivity contribution >= 4 is 0 Å². The van der Waals surface area contributed by atoms with E-state index in [-0.39, 0.29) is 12.7 Å². The fourth-order valence-electron chi connectivity index (χ4n) is 7.33. The van der Waals surface area contributed by atoms with Gasteiger partial charge in [-0.25, -0.2) is 0 Å². The summed E-state index contributed by atoms with van der Waals surface area (Å²) in [6, 6.07) is 0. The standard InChI is InChI=1S/C50H100O14/c1-3-5-7-9-11-13-15-17-19-21-23-50(24-22-20-18-16-14-12-10-8-6-4-2)63-48-49(64-50)47-62-46-45-61-44-43-60-42-41-59-40-39-58-38-37-57-36-35-56-34-33-55-32-31-54-30-29-53-28-27-52-26-25-51/h49,51H,3-48H2,1-2H3. The van der Waals surface area contributed by atoms with Gasteiger partial charge in [0.1, 0.15) is 6.10 Å². The van der Waals surface area contributed by atoms with E-state index in [1.807, 2.05) is 0 Å². The van der Waals surface area contributed by atoms with Crippen LogP contribution in [0.15, 0.2) is 0 Å². The van der Waals surface area contributed by atoms with Crippen LogP contribution in [0.4, 0.5) is 0 Å². The van der Waals surface area contributed by atoms with Crippen LogP contribution in [0.1, 0.15) is 155 Å². The molecule has 1 rings (SSSR count). The lowest BCUT2D eigenvalue weighted by Gasteiger charge is -2.28. The Morgan fingerprint density at radius 1 is 0.344 bits per heavy atom. The van der Waals surface area contributed by atoms with Crippen molar-refractivity contribution in [1.82, 2.24) is 0 Å². The van der Waals surface area contributed by atoms with E-state index < -0.39 is 5.79 Å². The number of rotatable bonds is 56. The molecule has 1 unspecified atom stereocenters. The van der Waals surface area contributed by atoms with Gasteiger partial charge in [-0.2, -0.15) is 0 Å². The van der Waals surface area contributed by atoms with Crippen LogP contribution in [-0.4, -0.2) is 176 Å². The monoisotopic (exact) mass is 925 g/mol. The Hall–Kier alpha value is -0.560. The molecular weight excluding hydrogens is 825 g/mol. The molecule has 0 amide bonds. The molecule has 1 aliphatic heterocycles. The van der Waals surface area contributed by atoms with Crippen LogP contribution < -0.4 is 0 Å². The molecule has 64 heavy (non-hydrogen) atoms. The maximum Gasteiger partial charge on any atom is 0.169 e. The molecular formula is C50H100O14. The SMILES string of the molecule is CCCCCCCCCCCCC1(CCCCCCCCCCCC)OCC(COCCOCCOCCOCCOCCOCCOCCOCCOCCOCCOCCO)O1. The van der Waals surface area contributed by atoms with Crippen molar-refractivity contribution in [2.45, 2.75) is 167 Å². The highest BCUT2D eigenvalue weighted by Crippen LogP contribution is 2.35. The molecule has 1 heterocycles. The minimum atomic E-state index is -0.434. The largest absolute Gasteiger partial charge is 0.394 e. The summed E-state index contributed by atoms with van der Waals surface area (Å²) in [5.74, 6) is -0.434. The maximum atomic E-state index is 8.62. The van der Waals surface area contributed by atoms with Gasteiger partial charge in [0.2, 0.25) is 0 Å². The Kier molecular flexibility index (Phi) is 49.8. The molecule has 0 aromatic rings. The van der Waals surface area contributed by atoms with Crippen LogP contribution in [-0.2, 0) is 61.6 Å². The van der Waals surface area contributed by atoms with Crippen molar-refractivity contribution < 1.29 is 66.7 Å². The molecule has 0 bridgehead atoms. The minimum absolute atomic E-state index is 0.0117. The Bertz CT molecular complexity index is 850. The van der Waals surface area contributed by atoms with Gasteiger partial charge in [-0.05, 0) is 12.8 Å². The minimum Gasteiger partial charge on any atom is -0.394 e. The zero-order valence-electron chi connectivity index (χ0n) is 41.4. The third-order valence-electron chi connectivity index (χ3n) is 11.0. The summed E-state index contributed by atoms with van der Waals surface area (Å²) >= 11 is 0. The molecule has 0 spiro atoms. The quantitative estimate of drug-likeness (QED) is 0.0581. The van der Waals surface area contributed by atoms with Gasteiger partial charge >= 0.3 is 0 Å². The second kappa shape index (κ2) is 51.8. The summed E-state index contributed by atoms with van der Waals surface area (Å²) in [5.41, 5.74) is 0. The smallest absolute Gasteiger partial charge is 0.169 e. The Morgan fingerprint density at radius 3 is 0.875 bits per heavy atom. The number of hydrogen-bond acceptors (Lipinski definition) is 14. The first-order chi connectivity index (χ1) is 31.8. The van der Waals surface area contributed by atoms with Crippen LogP contribution in [0.3, 0.4) is 0 Å². The lowest BCUT2D eigenvalue weighted by atomic mass is 9.98. The van der Waals surface area contributed by atoms with Gasteiger partial charge < -0.3 is 66.7 Å². The summed E-state index contributed by atoms with van der Waals surface area (Å²) in [7, 11) is 0. The maximum absolute atomic E-state index is 8.62. The number of ether oxygens (including phenoxy) is 13. The second-order valence-corrected chi connectivity index (χ2v) is 16.7. The summed E-state index contributed by atoms with van der Waals surface area (Å²) < 4.78 is 73.9. The third-order valence-corrected chi connectivity index (χ3v) is 11.0. The van der Waals surface area contributed by atoms with E-state index in [1.165, 1.54) is 128 Å². The first-order valence-electron chi connectivity index (χ1n) is 26.0. The number of aliphatic hydroxyl groups is 1. The van der Waals surface area contributed by atoms with Crippen LogP contribution in [0, 0.1) is 0 Å². The van der Waals surface area contributed by atoms with Crippen LogP contribution >= 0.6 is 0 Å². The Morgan fingerprint density at radius 2 is 0.594 bits per heavy atom. The predicted octanol–water partition coefficient (Wildman–Crippen LogP) is 8.90. The van der Waals surface area contributed by atoms with E-state index in [0.29, 0.717) is 152 Å². The summed E-state index contributed by atoms with van der Waals surface area (Å²) in [4.78, 5) is 0. The molecule has 14 nitrogen and oxygen atoms in total. The van der Waals surface area contributed by atoms with Gasteiger partial charge in [0.05, 0.1) is 159 Å². The number of hydrogen-bond donors (Lipinski definition) is 1. The van der Waals surface area contributed by atoms with E-state index in [1.54, 1.807) is 0 Å². The highest BCUT2D eigenvalue weighted by atomic mass is 16.8. The zero-order chi connectivity index (χ0) is 45.8. The average Bonchev–Trinajstić information content (AvgIpc) is 3.71. The van der Waals surface area contributed by atoms with Gasteiger partial charge in [-0.3, -0.25) is 0 Å².